The first kappa shape index (κ1) is 19.8. The first-order chi connectivity index (χ1) is 12.4. The van der Waals surface area contributed by atoms with Crippen LogP contribution in [0.5, 0.6) is 11.5 Å². The van der Waals surface area contributed by atoms with Gasteiger partial charge >= 0.3 is 6.03 Å². The number of nitrogens with zero attached hydrogens (tertiary/aromatic N) is 1. The standard InChI is InChI=1S/C19H26N2O5/c1-5-9-19(10-6-2)17(23)21(18(24)20-19)12-15(22)14-8-7-13(25-3)11-16(14)26-4/h7-8,11H,5-6,9-10,12H2,1-4H3,(H,20,24). The second-order valence-corrected chi connectivity index (χ2v) is 6.39. The van der Waals surface area contributed by atoms with E-state index < -0.39 is 11.6 Å². The molecule has 0 aliphatic carbocycles. The van der Waals surface area contributed by atoms with Gasteiger partial charge in [-0.05, 0) is 25.0 Å². The maximum absolute atomic E-state index is 12.9. The van der Waals surface area contributed by atoms with Gasteiger partial charge in [0.25, 0.3) is 5.91 Å². The molecule has 0 unspecified atom stereocenters. The molecule has 0 bridgehead atoms. The Hall–Kier alpha value is -2.57. The molecule has 1 aliphatic rings. The largest absolute Gasteiger partial charge is 0.497 e. The highest BCUT2D eigenvalue weighted by molar-refractivity contribution is 6.11. The van der Waals surface area contributed by atoms with Gasteiger partial charge in [-0.2, -0.15) is 0 Å². The van der Waals surface area contributed by atoms with Crippen LogP contribution in [0.15, 0.2) is 18.2 Å². The summed E-state index contributed by atoms with van der Waals surface area (Å²) in [6.07, 6.45) is 2.64. The van der Waals surface area contributed by atoms with Gasteiger partial charge in [0.2, 0.25) is 0 Å². The molecule has 3 amide bonds. The SMILES string of the molecule is CCCC1(CCC)NC(=O)N(CC(=O)c2ccc(OC)cc2OC)C1=O. The van der Waals surface area contributed by atoms with E-state index in [2.05, 4.69) is 5.32 Å². The number of urea groups is 1. The number of rotatable bonds is 9. The van der Waals surface area contributed by atoms with Crippen molar-refractivity contribution in [3.63, 3.8) is 0 Å². The number of imide groups is 1. The van der Waals surface area contributed by atoms with E-state index in [1.165, 1.54) is 14.2 Å². The van der Waals surface area contributed by atoms with Gasteiger partial charge in [-0.3, -0.25) is 14.5 Å². The monoisotopic (exact) mass is 362 g/mol. The molecule has 2 rings (SSSR count). The highest BCUT2D eigenvalue weighted by Gasteiger charge is 2.50. The fraction of sp³-hybridized carbons (Fsp3) is 0.526. The number of carbonyl (C=O) groups is 3. The highest BCUT2D eigenvalue weighted by atomic mass is 16.5. The van der Waals surface area contributed by atoms with Gasteiger partial charge in [0.15, 0.2) is 5.78 Å². The van der Waals surface area contributed by atoms with E-state index in [9.17, 15) is 14.4 Å². The van der Waals surface area contributed by atoms with Crippen LogP contribution >= 0.6 is 0 Å². The van der Waals surface area contributed by atoms with Crippen LogP contribution in [0.25, 0.3) is 0 Å². The zero-order valence-electron chi connectivity index (χ0n) is 15.8. The molecule has 0 aromatic heterocycles. The number of carbonyl (C=O) groups excluding carboxylic acids is 3. The third-order valence-electron chi connectivity index (χ3n) is 4.61. The minimum atomic E-state index is -0.898. The molecule has 1 fully saturated rings. The number of Topliss-reactive ketones (excluding diaryl/α,β-unsaturated/α-hetero) is 1. The molecule has 0 atom stereocenters. The predicted molar refractivity (Wildman–Crippen MR) is 96.7 cm³/mol. The molecular weight excluding hydrogens is 336 g/mol. The Morgan fingerprint density at radius 1 is 1.12 bits per heavy atom. The van der Waals surface area contributed by atoms with Crippen LogP contribution in [0.4, 0.5) is 4.79 Å². The average molecular weight is 362 g/mol. The topological polar surface area (TPSA) is 84.9 Å². The average Bonchev–Trinajstić information content (AvgIpc) is 2.86. The van der Waals surface area contributed by atoms with Crippen molar-refractivity contribution in [2.75, 3.05) is 20.8 Å². The number of benzene rings is 1. The van der Waals surface area contributed by atoms with E-state index in [0.29, 0.717) is 29.9 Å². The molecule has 1 saturated heterocycles. The van der Waals surface area contributed by atoms with E-state index in [1.807, 2.05) is 13.8 Å². The Bertz CT molecular complexity index is 695. The minimum Gasteiger partial charge on any atom is -0.497 e. The van der Waals surface area contributed by atoms with Crippen molar-refractivity contribution in [3.05, 3.63) is 23.8 Å². The summed E-state index contributed by atoms with van der Waals surface area (Å²) in [7, 11) is 2.97. The van der Waals surface area contributed by atoms with Crippen LogP contribution in [-0.4, -0.2) is 48.9 Å². The Labute approximate surface area is 153 Å². The van der Waals surface area contributed by atoms with Crippen LogP contribution in [-0.2, 0) is 4.79 Å². The van der Waals surface area contributed by atoms with E-state index in [-0.39, 0.29) is 18.2 Å². The van der Waals surface area contributed by atoms with Crippen LogP contribution in [0.1, 0.15) is 49.9 Å². The highest BCUT2D eigenvalue weighted by Crippen LogP contribution is 2.29. The third kappa shape index (κ3) is 3.66. The number of ether oxygens (including phenoxy) is 2. The van der Waals surface area contributed by atoms with E-state index in [0.717, 1.165) is 17.7 Å². The number of hydrogen-bond acceptors (Lipinski definition) is 5. The van der Waals surface area contributed by atoms with Crippen LogP contribution in [0.2, 0.25) is 0 Å². The van der Waals surface area contributed by atoms with Crippen molar-refractivity contribution < 1.29 is 23.9 Å². The lowest BCUT2D eigenvalue weighted by molar-refractivity contribution is -0.131. The van der Waals surface area contributed by atoms with Crippen molar-refractivity contribution in [1.29, 1.82) is 0 Å². The normalized spacial score (nSPS) is 15.8. The van der Waals surface area contributed by atoms with Crippen molar-refractivity contribution in [1.82, 2.24) is 10.2 Å². The minimum absolute atomic E-state index is 0.303. The molecule has 1 aromatic carbocycles. The molecule has 1 aliphatic heterocycles. The number of nitrogens with one attached hydrogen (secondary N) is 1. The Balaban J connectivity index is 2.24. The summed E-state index contributed by atoms with van der Waals surface area (Å²) in [5.74, 6) is 0.205. The van der Waals surface area contributed by atoms with E-state index >= 15 is 0 Å². The first-order valence-electron chi connectivity index (χ1n) is 8.81. The third-order valence-corrected chi connectivity index (χ3v) is 4.61. The molecule has 1 aromatic rings. The van der Waals surface area contributed by atoms with Crippen molar-refractivity contribution in [2.45, 2.75) is 45.1 Å². The second-order valence-electron chi connectivity index (χ2n) is 6.39. The lowest BCUT2D eigenvalue weighted by Gasteiger charge is -2.25. The van der Waals surface area contributed by atoms with Crippen LogP contribution < -0.4 is 14.8 Å². The molecule has 0 radical (unpaired) electrons. The Morgan fingerprint density at radius 3 is 2.31 bits per heavy atom. The molecule has 1 N–H and O–H groups in total. The quantitative estimate of drug-likeness (QED) is 0.539. The van der Waals surface area contributed by atoms with Gasteiger partial charge in [-0.1, -0.05) is 26.7 Å². The summed E-state index contributed by atoms with van der Waals surface area (Å²) < 4.78 is 10.4. The lowest BCUT2D eigenvalue weighted by atomic mass is 9.88. The number of ketones is 1. The molecule has 0 spiro atoms. The first-order valence-corrected chi connectivity index (χ1v) is 8.81. The summed E-state index contributed by atoms with van der Waals surface area (Å²) in [4.78, 5) is 39.0. The molecule has 7 nitrogen and oxygen atoms in total. The maximum Gasteiger partial charge on any atom is 0.325 e. The Morgan fingerprint density at radius 2 is 1.77 bits per heavy atom. The molecule has 0 saturated carbocycles. The smallest absolute Gasteiger partial charge is 0.325 e. The summed E-state index contributed by atoms with van der Waals surface area (Å²) in [5.41, 5.74) is -0.595. The summed E-state index contributed by atoms with van der Waals surface area (Å²) in [5, 5.41) is 2.81. The lowest BCUT2D eigenvalue weighted by Crippen LogP contribution is -2.47. The van der Waals surface area contributed by atoms with Gasteiger partial charge < -0.3 is 14.8 Å². The van der Waals surface area contributed by atoms with Gasteiger partial charge in [-0.25, -0.2) is 4.79 Å². The number of hydrogen-bond donors (Lipinski definition) is 1. The predicted octanol–water partition coefficient (Wildman–Crippen LogP) is 2.78. The summed E-state index contributed by atoms with van der Waals surface area (Å²) in [6.45, 7) is 3.61. The van der Waals surface area contributed by atoms with Gasteiger partial charge in [0.05, 0.1) is 26.3 Å². The van der Waals surface area contributed by atoms with Crippen molar-refractivity contribution >= 4 is 17.7 Å². The molecular formula is C19H26N2O5. The van der Waals surface area contributed by atoms with Crippen molar-refractivity contribution in [2.24, 2.45) is 0 Å². The van der Waals surface area contributed by atoms with E-state index in [4.69, 9.17) is 9.47 Å². The van der Waals surface area contributed by atoms with Gasteiger partial charge in [0.1, 0.15) is 17.0 Å². The number of amides is 3. The summed E-state index contributed by atoms with van der Waals surface area (Å²) in [6, 6.07) is 4.29. The van der Waals surface area contributed by atoms with Gasteiger partial charge in [0, 0.05) is 6.07 Å². The van der Waals surface area contributed by atoms with Crippen molar-refractivity contribution in [3.8, 4) is 11.5 Å². The van der Waals surface area contributed by atoms with Gasteiger partial charge in [-0.15, -0.1) is 0 Å². The zero-order chi connectivity index (χ0) is 19.3. The molecule has 7 heteroatoms. The summed E-state index contributed by atoms with van der Waals surface area (Å²) >= 11 is 0. The van der Waals surface area contributed by atoms with E-state index in [1.54, 1.807) is 18.2 Å². The number of methoxy groups -OCH3 is 2. The van der Waals surface area contributed by atoms with Crippen LogP contribution in [0.3, 0.4) is 0 Å². The van der Waals surface area contributed by atoms with Crippen LogP contribution in [0, 0.1) is 0 Å². The Kier molecular flexibility index (Phi) is 6.23. The molecule has 1 heterocycles. The maximum atomic E-state index is 12.9. The fourth-order valence-corrected chi connectivity index (χ4v) is 3.39. The molecule has 142 valence electrons. The fourth-order valence-electron chi connectivity index (χ4n) is 3.39. The molecule has 26 heavy (non-hydrogen) atoms. The second kappa shape index (κ2) is 8.21. The zero-order valence-corrected chi connectivity index (χ0v) is 15.8.